The van der Waals surface area contributed by atoms with Crippen molar-refractivity contribution in [2.75, 3.05) is 17.2 Å². The number of pyridine rings is 1. The number of nitrogens with one attached hydrogen (secondary N) is 2. The molecule has 184 valence electrons. The van der Waals surface area contributed by atoms with Gasteiger partial charge in [-0.05, 0) is 84.6 Å². The molecule has 0 fully saturated rings. The van der Waals surface area contributed by atoms with Crippen LogP contribution in [0.5, 0.6) is 0 Å². The Bertz CT molecular complexity index is 1350. The summed E-state index contributed by atoms with van der Waals surface area (Å²) in [5.41, 5.74) is 5.20. The summed E-state index contributed by atoms with van der Waals surface area (Å²) in [6, 6.07) is 21.6. The number of carbonyl (C=O) groups excluding carboxylic acids is 1. The van der Waals surface area contributed by atoms with Crippen LogP contribution in [0.2, 0.25) is 0 Å². The Morgan fingerprint density at radius 3 is 2.33 bits per heavy atom. The summed E-state index contributed by atoms with van der Waals surface area (Å²) < 4.78 is 39.0. The van der Waals surface area contributed by atoms with Crippen LogP contribution in [0.1, 0.15) is 32.7 Å². The van der Waals surface area contributed by atoms with E-state index in [9.17, 15) is 18.0 Å². The third-order valence-corrected chi connectivity index (χ3v) is 5.93. The predicted molar refractivity (Wildman–Crippen MR) is 137 cm³/mol. The lowest BCUT2D eigenvalue weighted by atomic mass is 9.94. The second-order valence-electron chi connectivity index (χ2n) is 8.55. The van der Waals surface area contributed by atoms with Gasteiger partial charge in [-0.15, -0.1) is 0 Å². The predicted octanol–water partition coefficient (Wildman–Crippen LogP) is 7.29. The van der Waals surface area contributed by atoms with Crippen molar-refractivity contribution in [2.45, 2.75) is 26.4 Å². The van der Waals surface area contributed by atoms with Crippen LogP contribution < -0.4 is 10.6 Å². The van der Waals surface area contributed by atoms with E-state index < -0.39 is 11.7 Å². The van der Waals surface area contributed by atoms with Gasteiger partial charge in [0.25, 0.3) is 5.91 Å². The van der Waals surface area contributed by atoms with E-state index in [1.165, 1.54) is 12.1 Å². The molecule has 0 aliphatic rings. The number of aryl methyl sites for hydroxylation is 2. The Balaban J connectivity index is 1.49. The fraction of sp³-hybridized carbons (Fsp3) is 0.172. The molecule has 1 heterocycles. The standard InChI is InChI=1S/C29H26F3N3O/c1-19-6-5-8-25(27(19)21-9-11-22(12-10-21)29(30,31)32)28(36)35-24-13-14-26(20(2)18-24)34-17-15-23-7-3-4-16-33-23/h3-14,16,18,34H,15,17H2,1-2H3,(H,35,36). The van der Waals surface area contributed by atoms with Gasteiger partial charge in [0.15, 0.2) is 0 Å². The fourth-order valence-corrected chi connectivity index (χ4v) is 4.08. The molecule has 0 aliphatic heterocycles. The molecule has 0 aliphatic carbocycles. The largest absolute Gasteiger partial charge is 0.416 e. The molecule has 7 heteroatoms. The van der Waals surface area contributed by atoms with Crippen molar-refractivity contribution in [3.63, 3.8) is 0 Å². The van der Waals surface area contributed by atoms with Crippen molar-refractivity contribution >= 4 is 17.3 Å². The lowest BCUT2D eigenvalue weighted by Crippen LogP contribution is -2.14. The van der Waals surface area contributed by atoms with Gasteiger partial charge in [0.1, 0.15) is 0 Å². The number of alkyl halides is 3. The van der Waals surface area contributed by atoms with Gasteiger partial charge in [0.2, 0.25) is 0 Å². The van der Waals surface area contributed by atoms with E-state index >= 15 is 0 Å². The zero-order chi connectivity index (χ0) is 25.7. The van der Waals surface area contributed by atoms with E-state index in [1.807, 2.05) is 56.3 Å². The van der Waals surface area contributed by atoms with E-state index in [2.05, 4.69) is 15.6 Å². The number of aromatic nitrogens is 1. The number of rotatable bonds is 7. The van der Waals surface area contributed by atoms with Crippen LogP contribution >= 0.6 is 0 Å². The first-order valence-electron chi connectivity index (χ1n) is 11.6. The van der Waals surface area contributed by atoms with Crippen LogP contribution in [0, 0.1) is 13.8 Å². The van der Waals surface area contributed by atoms with Crippen molar-refractivity contribution in [1.82, 2.24) is 4.98 Å². The summed E-state index contributed by atoms with van der Waals surface area (Å²) in [7, 11) is 0. The van der Waals surface area contributed by atoms with Gasteiger partial charge in [-0.25, -0.2) is 0 Å². The average molecular weight is 490 g/mol. The molecule has 3 aromatic carbocycles. The maximum Gasteiger partial charge on any atom is 0.416 e. The average Bonchev–Trinajstić information content (AvgIpc) is 2.85. The summed E-state index contributed by atoms with van der Waals surface area (Å²) in [5.74, 6) is -0.330. The van der Waals surface area contributed by atoms with Gasteiger partial charge in [-0.1, -0.05) is 30.3 Å². The van der Waals surface area contributed by atoms with Crippen molar-refractivity contribution in [2.24, 2.45) is 0 Å². The lowest BCUT2D eigenvalue weighted by Gasteiger charge is -2.15. The Kier molecular flexibility index (Phi) is 7.38. The number of anilines is 2. The Hall–Kier alpha value is -4.13. The molecular weight excluding hydrogens is 463 g/mol. The van der Waals surface area contributed by atoms with Gasteiger partial charge >= 0.3 is 6.18 Å². The maximum absolute atomic E-state index is 13.2. The van der Waals surface area contributed by atoms with Crippen LogP contribution in [0.15, 0.2) is 85.1 Å². The van der Waals surface area contributed by atoms with E-state index in [0.29, 0.717) is 22.4 Å². The third-order valence-electron chi connectivity index (χ3n) is 5.93. The van der Waals surface area contributed by atoms with Crippen molar-refractivity contribution < 1.29 is 18.0 Å². The number of nitrogens with zero attached hydrogens (tertiary/aromatic N) is 1. The molecule has 0 spiro atoms. The zero-order valence-electron chi connectivity index (χ0n) is 20.0. The zero-order valence-corrected chi connectivity index (χ0v) is 20.0. The second-order valence-corrected chi connectivity index (χ2v) is 8.55. The molecule has 4 nitrogen and oxygen atoms in total. The topological polar surface area (TPSA) is 54.0 Å². The Morgan fingerprint density at radius 1 is 0.889 bits per heavy atom. The molecule has 2 N–H and O–H groups in total. The van der Waals surface area contributed by atoms with Gasteiger partial charge < -0.3 is 10.6 Å². The van der Waals surface area contributed by atoms with E-state index in [0.717, 1.165) is 47.6 Å². The second kappa shape index (κ2) is 10.6. The van der Waals surface area contributed by atoms with Crippen LogP contribution in [-0.4, -0.2) is 17.4 Å². The molecule has 1 aromatic heterocycles. The molecule has 0 radical (unpaired) electrons. The van der Waals surface area contributed by atoms with E-state index in [1.54, 1.807) is 18.3 Å². The fourth-order valence-electron chi connectivity index (χ4n) is 4.08. The third kappa shape index (κ3) is 5.92. The highest BCUT2D eigenvalue weighted by Crippen LogP contribution is 2.33. The molecule has 4 rings (SSSR count). The minimum atomic E-state index is -4.41. The van der Waals surface area contributed by atoms with Crippen LogP contribution in [0.4, 0.5) is 24.5 Å². The van der Waals surface area contributed by atoms with Gasteiger partial charge in [-0.3, -0.25) is 9.78 Å². The maximum atomic E-state index is 13.2. The Morgan fingerprint density at radius 2 is 1.67 bits per heavy atom. The van der Waals surface area contributed by atoms with Crippen molar-refractivity contribution in [1.29, 1.82) is 0 Å². The smallest absolute Gasteiger partial charge is 0.384 e. The normalized spacial score (nSPS) is 11.2. The molecule has 0 bridgehead atoms. The number of hydrogen-bond donors (Lipinski definition) is 2. The first-order valence-corrected chi connectivity index (χ1v) is 11.6. The molecule has 0 atom stereocenters. The number of amides is 1. The van der Waals surface area contributed by atoms with E-state index in [-0.39, 0.29) is 5.91 Å². The SMILES string of the molecule is Cc1cc(NC(=O)c2cccc(C)c2-c2ccc(C(F)(F)F)cc2)ccc1NCCc1ccccn1. The lowest BCUT2D eigenvalue weighted by molar-refractivity contribution is -0.137. The number of carbonyl (C=O) groups is 1. The summed E-state index contributed by atoms with van der Waals surface area (Å²) >= 11 is 0. The monoisotopic (exact) mass is 489 g/mol. The summed E-state index contributed by atoms with van der Waals surface area (Å²) in [6.07, 6.45) is -1.85. The first-order chi connectivity index (χ1) is 17.2. The molecular formula is C29H26F3N3O. The number of hydrogen-bond acceptors (Lipinski definition) is 3. The Labute approximate surface area is 208 Å². The first kappa shape index (κ1) is 25.0. The molecule has 4 aromatic rings. The minimum Gasteiger partial charge on any atom is -0.384 e. The highest BCUT2D eigenvalue weighted by atomic mass is 19.4. The quantitative estimate of drug-likeness (QED) is 0.287. The molecule has 0 saturated heterocycles. The van der Waals surface area contributed by atoms with Gasteiger partial charge in [0, 0.05) is 41.8 Å². The van der Waals surface area contributed by atoms with Crippen LogP contribution in [0.3, 0.4) is 0 Å². The van der Waals surface area contributed by atoms with Crippen LogP contribution in [0.25, 0.3) is 11.1 Å². The van der Waals surface area contributed by atoms with Crippen LogP contribution in [-0.2, 0) is 12.6 Å². The summed E-state index contributed by atoms with van der Waals surface area (Å²) in [4.78, 5) is 17.5. The molecule has 1 amide bonds. The number of halogens is 3. The highest BCUT2D eigenvalue weighted by Gasteiger charge is 2.30. The minimum absolute atomic E-state index is 0.330. The molecule has 0 unspecified atom stereocenters. The van der Waals surface area contributed by atoms with E-state index in [4.69, 9.17) is 0 Å². The molecule has 0 saturated carbocycles. The van der Waals surface area contributed by atoms with Gasteiger partial charge in [-0.2, -0.15) is 13.2 Å². The summed E-state index contributed by atoms with van der Waals surface area (Å²) in [6.45, 7) is 4.52. The molecule has 36 heavy (non-hydrogen) atoms. The van der Waals surface area contributed by atoms with Crippen molar-refractivity contribution in [3.8, 4) is 11.1 Å². The van der Waals surface area contributed by atoms with Crippen molar-refractivity contribution in [3.05, 3.63) is 113 Å². The number of benzene rings is 3. The van der Waals surface area contributed by atoms with Gasteiger partial charge in [0.05, 0.1) is 5.56 Å². The summed E-state index contributed by atoms with van der Waals surface area (Å²) in [5, 5.41) is 6.32. The highest BCUT2D eigenvalue weighted by molar-refractivity contribution is 6.09.